The molecule has 112 valence electrons. The Morgan fingerprint density at radius 1 is 1.29 bits per heavy atom. The number of benzene rings is 1. The zero-order chi connectivity index (χ0) is 15.7. The molecule has 21 heavy (non-hydrogen) atoms. The van der Waals surface area contributed by atoms with Crippen molar-refractivity contribution in [1.82, 2.24) is 9.80 Å². The number of carbonyl (C=O) groups excluding carboxylic acids is 2. The summed E-state index contributed by atoms with van der Waals surface area (Å²) in [5.74, 6) is -1.05. The van der Waals surface area contributed by atoms with Crippen molar-refractivity contribution in [3.8, 4) is 0 Å². The van der Waals surface area contributed by atoms with Crippen molar-refractivity contribution < 1.29 is 18.7 Å². The number of methoxy groups -OCH3 is 1. The van der Waals surface area contributed by atoms with Crippen LogP contribution in [0.4, 0.5) is 9.18 Å². The van der Waals surface area contributed by atoms with Crippen LogP contribution in [0.1, 0.15) is 18.5 Å². The number of halogens is 1. The monoisotopic (exact) mass is 292 g/mol. The van der Waals surface area contributed by atoms with Crippen LogP contribution >= 0.6 is 0 Å². The van der Waals surface area contributed by atoms with E-state index >= 15 is 0 Å². The van der Waals surface area contributed by atoms with E-state index in [2.05, 4.69) is 0 Å². The Hall–Kier alpha value is -2.37. The Labute approximate surface area is 122 Å². The molecule has 1 aliphatic rings. The van der Waals surface area contributed by atoms with Crippen molar-refractivity contribution in [1.29, 1.82) is 0 Å². The molecule has 1 atom stereocenters. The predicted octanol–water partition coefficient (Wildman–Crippen LogP) is 2.31. The van der Waals surface area contributed by atoms with E-state index in [-0.39, 0.29) is 17.2 Å². The lowest BCUT2D eigenvalue weighted by Crippen LogP contribution is -2.47. The van der Waals surface area contributed by atoms with E-state index in [0.29, 0.717) is 5.70 Å². The van der Waals surface area contributed by atoms with Gasteiger partial charge in [-0.15, -0.1) is 0 Å². The molecule has 6 heteroatoms. The lowest BCUT2D eigenvalue weighted by atomic mass is 9.93. The van der Waals surface area contributed by atoms with Crippen LogP contribution in [0.5, 0.6) is 0 Å². The fraction of sp³-hybridized carbons (Fsp3) is 0.333. The number of allylic oxidation sites excluding steroid dienone is 1. The van der Waals surface area contributed by atoms with Crippen LogP contribution in [0.25, 0.3) is 0 Å². The molecule has 0 bridgehead atoms. The van der Waals surface area contributed by atoms with Gasteiger partial charge in [0.15, 0.2) is 0 Å². The zero-order valence-electron chi connectivity index (χ0n) is 12.4. The van der Waals surface area contributed by atoms with Gasteiger partial charge in [0.2, 0.25) is 0 Å². The summed E-state index contributed by atoms with van der Waals surface area (Å²) in [7, 11) is 4.36. The van der Waals surface area contributed by atoms with Crippen LogP contribution in [0.2, 0.25) is 0 Å². The van der Waals surface area contributed by atoms with E-state index in [1.165, 1.54) is 30.0 Å². The largest absolute Gasteiger partial charge is 0.466 e. The minimum Gasteiger partial charge on any atom is -0.466 e. The average Bonchev–Trinajstić information content (AvgIpc) is 2.49. The molecular weight excluding hydrogens is 275 g/mol. The maximum absolute atomic E-state index is 14.1. The van der Waals surface area contributed by atoms with Crippen LogP contribution in [0.3, 0.4) is 0 Å². The summed E-state index contributed by atoms with van der Waals surface area (Å²) >= 11 is 0. The van der Waals surface area contributed by atoms with Gasteiger partial charge >= 0.3 is 12.0 Å². The molecule has 0 N–H and O–H groups in total. The summed E-state index contributed by atoms with van der Waals surface area (Å²) in [6, 6.07) is 4.97. The third kappa shape index (κ3) is 2.37. The van der Waals surface area contributed by atoms with Gasteiger partial charge in [0.25, 0.3) is 0 Å². The number of hydrogen-bond donors (Lipinski definition) is 0. The molecule has 1 aromatic carbocycles. The van der Waals surface area contributed by atoms with Gasteiger partial charge in [-0.05, 0) is 13.0 Å². The molecular formula is C15H17FN2O3. The Bertz CT molecular complexity index is 627. The summed E-state index contributed by atoms with van der Waals surface area (Å²) in [6.45, 7) is 1.64. The molecule has 2 amide bonds. The molecule has 5 nitrogen and oxygen atoms in total. The van der Waals surface area contributed by atoms with Gasteiger partial charge in [-0.25, -0.2) is 14.0 Å². The highest BCUT2D eigenvalue weighted by Crippen LogP contribution is 2.36. The van der Waals surface area contributed by atoms with Crippen molar-refractivity contribution in [3.05, 3.63) is 46.9 Å². The molecule has 1 unspecified atom stereocenters. The Kier molecular flexibility index (Phi) is 3.97. The van der Waals surface area contributed by atoms with Crippen LogP contribution in [0.15, 0.2) is 35.5 Å². The summed E-state index contributed by atoms with van der Waals surface area (Å²) in [6.07, 6.45) is 0. The van der Waals surface area contributed by atoms with Gasteiger partial charge in [0, 0.05) is 25.4 Å². The first-order valence-corrected chi connectivity index (χ1v) is 6.44. The molecule has 2 rings (SSSR count). The number of carbonyl (C=O) groups is 2. The van der Waals surface area contributed by atoms with E-state index in [1.807, 2.05) is 0 Å². The van der Waals surface area contributed by atoms with E-state index < -0.39 is 17.8 Å². The first-order chi connectivity index (χ1) is 9.90. The molecule has 1 aromatic rings. The normalized spacial score (nSPS) is 19.1. The molecule has 0 radical (unpaired) electrons. The van der Waals surface area contributed by atoms with Crippen LogP contribution in [-0.2, 0) is 9.53 Å². The second kappa shape index (κ2) is 5.55. The standard InChI is InChI=1S/C15H17FN2O3/c1-9-12(14(19)21-4)13(18(3)15(20)17(9)2)10-7-5-6-8-11(10)16/h5-8,13H,1-4H3. The van der Waals surface area contributed by atoms with E-state index in [0.717, 1.165) is 0 Å². The lowest BCUT2D eigenvalue weighted by molar-refractivity contribution is -0.137. The number of ether oxygens (including phenoxy) is 1. The van der Waals surface area contributed by atoms with Crippen molar-refractivity contribution >= 4 is 12.0 Å². The number of rotatable bonds is 2. The third-order valence-corrected chi connectivity index (χ3v) is 3.75. The predicted molar refractivity (Wildman–Crippen MR) is 74.8 cm³/mol. The number of likely N-dealkylation sites (N-methyl/N-ethyl adjacent to an activating group) is 1. The molecule has 0 fully saturated rings. The highest BCUT2D eigenvalue weighted by Gasteiger charge is 2.39. The van der Waals surface area contributed by atoms with Crippen molar-refractivity contribution in [2.75, 3.05) is 21.2 Å². The van der Waals surface area contributed by atoms with Gasteiger partial charge < -0.3 is 14.5 Å². The second-order valence-electron chi connectivity index (χ2n) is 4.87. The molecule has 1 aliphatic heterocycles. The van der Waals surface area contributed by atoms with Gasteiger partial charge in [0.05, 0.1) is 18.7 Å². The highest BCUT2D eigenvalue weighted by atomic mass is 19.1. The Morgan fingerprint density at radius 2 is 1.90 bits per heavy atom. The minimum atomic E-state index is -0.803. The van der Waals surface area contributed by atoms with Crippen molar-refractivity contribution in [2.24, 2.45) is 0 Å². The highest BCUT2D eigenvalue weighted by molar-refractivity contribution is 5.94. The number of urea groups is 1. The van der Waals surface area contributed by atoms with Gasteiger partial charge in [-0.1, -0.05) is 18.2 Å². The second-order valence-corrected chi connectivity index (χ2v) is 4.87. The Balaban J connectivity index is 2.67. The van der Waals surface area contributed by atoms with E-state index in [9.17, 15) is 14.0 Å². The SMILES string of the molecule is COC(=O)C1=C(C)N(C)C(=O)N(C)C1c1ccccc1F. The van der Waals surface area contributed by atoms with Crippen molar-refractivity contribution in [2.45, 2.75) is 13.0 Å². The first-order valence-electron chi connectivity index (χ1n) is 6.44. The fourth-order valence-electron chi connectivity index (χ4n) is 2.49. The zero-order valence-corrected chi connectivity index (χ0v) is 12.4. The van der Waals surface area contributed by atoms with Crippen LogP contribution in [0, 0.1) is 5.82 Å². The minimum absolute atomic E-state index is 0.257. The fourth-order valence-corrected chi connectivity index (χ4v) is 2.49. The van der Waals surface area contributed by atoms with Gasteiger partial charge in [-0.2, -0.15) is 0 Å². The van der Waals surface area contributed by atoms with Crippen LogP contribution in [-0.4, -0.2) is 43.0 Å². The molecule has 0 aromatic heterocycles. The molecule has 1 heterocycles. The van der Waals surface area contributed by atoms with E-state index in [1.54, 1.807) is 32.2 Å². The summed E-state index contributed by atoms with van der Waals surface area (Å²) in [5.41, 5.74) is 0.978. The smallest absolute Gasteiger partial charge is 0.337 e. The number of esters is 1. The summed E-state index contributed by atoms with van der Waals surface area (Å²) < 4.78 is 18.9. The third-order valence-electron chi connectivity index (χ3n) is 3.75. The molecule has 0 saturated carbocycles. The number of nitrogens with zero attached hydrogens (tertiary/aromatic N) is 2. The lowest BCUT2D eigenvalue weighted by Gasteiger charge is -2.39. The first kappa shape index (κ1) is 15.0. The molecule has 0 spiro atoms. The average molecular weight is 292 g/mol. The van der Waals surface area contributed by atoms with E-state index in [4.69, 9.17) is 4.74 Å². The Morgan fingerprint density at radius 3 is 2.48 bits per heavy atom. The summed E-state index contributed by atoms with van der Waals surface area (Å²) in [5, 5.41) is 0. The van der Waals surface area contributed by atoms with Crippen LogP contribution < -0.4 is 0 Å². The molecule has 0 aliphatic carbocycles. The summed E-state index contributed by atoms with van der Waals surface area (Å²) in [4.78, 5) is 27.0. The van der Waals surface area contributed by atoms with Crippen molar-refractivity contribution in [3.63, 3.8) is 0 Å². The van der Waals surface area contributed by atoms with Gasteiger partial charge in [0.1, 0.15) is 5.82 Å². The number of amides is 2. The maximum atomic E-state index is 14.1. The topological polar surface area (TPSA) is 49.9 Å². The van der Waals surface area contributed by atoms with Gasteiger partial charge in [-0.3, -0.25) is 0 Å². The quantitative estimate of drug-likeness (QED) is 0.786. The maximum Gasteiger partial charge on any atom is 0.337 e. The number of hydrogen-bond acceptors (Lipinski definition) is 3. The molecule has 0 saturated heterocycles.